The summed E-state index contributed by atoms with van der Waals surface area (Å²) in [5, 5.41) is 0. The third-order valence-electron chi connectivity index (χ3n) is 3.68. The van der Waals surface area contributed by atoms with Gasteiger partial charge in [-0.1, -0.05) is 12.2 Å². The van der Waals surface area contributed by atoms with Gasteiger partial charge >= 0.3 is 0 Å². The minimum Gasteiger partial charge on any atom is -0.338 e. The van der Waals surface area contributed by atoms with Gasteiger partial charge in [-0.15, -0.1) is 0 Å². The highest BCUT2D eigenvalue weighted by Crippen LogP contribution is 2.51. The smallest absolute Gasteiger partial charge is 0.281 e. The quantitative estimate of drug-likeness (QED) is 0.646. The fourth-order valence-corrected chi connectivity index (χ4v) is 4.07. The summed E-state index contributed by atoms with van der Waals surface area (Å²) in [4.78, 5) is 30.0. The summed E-state index contributed by atoms with van der Waals surface area (Å²) in [6, 6.07) is 0.134. The van der Waals surface area contributed by atoms with Crippen molar-refractivity contribution in [1.82, 2.24) is 19.1 Å². The van der Waals surface area contributed by atoms with Crippen LogP contribution >= 0.6 is 17.9 Å². The molecule has 7 nitrogen and oxygen atoms in total. The molecule has 2 aromatic heterocycles. The van der Waals surface area contributed by atoms with Gasteiger partial charge in [0.05, 0.1) is 18.8 Å². The van der Waals surface area contributed by atoms with Gasteiger partial charge in [0.15, 0.2) is 11.2 Å². The molecule has 2 heterocycles. The van der Waals surface area contributed by atoms with Crippen molar-refractivity contribution in [3.05, 3.63) is 23.0 Å². The second kappa shape index (κ2) is 5.48. The minimum atomic E-state index is -2.95. The number of thiol groups is 1. The Kier molecular flexibility index (Phi) is 3.96. The molecule has 114 valence electrons. The summed E-state index contributed by atoms with van der Waals surface area (Å²) < 4.78 is 8.72. The van der Waals surface area contributed by atoms with Crippen LogP contribution in [0.4, 0.5) is 0 Å². The van der Waals surface area contributed by atoms with E-state index in [1.807, 2.05) is 4.57 Å². The summed E-state index contributed by atoms with van der Waals surface area (Å²) in [5.41, 5.74) is -2.16. The zero-order valence-electron chi connectivity index (χ0n) is 11.3. The highest BCUT2D eigenvalue weighted by Gasteiger charge is 2.30. The lowest BCUT2D eigenvalue weighted by molar-refractivity contribution is 0.211. The standard InChI is InChI=1S/C11H15N4O3PS2/c1-14-5-13-10-9(11(14)16)12-6-15(10)7-2-3-8(4-7)18-19(17,20)21/h5-8H,2-4H2,1H3,(H2,17,20,21). The zero-order valence-corrected chi connectivity index (χ0v) is 13.9. The van der Waals surface area contributed by atoms with Crippen molar-refractivity contribution in [2.45, 2.75) is 31.4 Å². The number of imidazole rings is 1. The van der Waals surface area contributed by atoms with E-state index in [2.05, 4.69) is 22.2 Å². The predicted molar refractivity (Wildman–Crippen MR) is 86.0 cm³/mol. The highest BCUT2D eigenvalue weighted by molar-refractivity contribution is 8.59. The lowest BCUT2D eigenvalue weighted by Crippen LogP contribution is -2.18. The van der Waals surface area contributed by atoms with Gasteiger partial charge in [0.25, 0.3) is 5.56 Å². The Morgan fingerprint density at radius 3 is 2.95 bits per heavy atom. The lowest BCUT2D eigenvalue weighted by atomic mass is 10.2. The molecule has 0 bridgehead atoms. The third-order valence-corrected chi connectivity index (χ3v) is 4.79. The van der Waals surface area contributed by atoms with Crippen LogP contribution in [0.3, 0.4) is 0 Å². The topological polar surface area (TPSA) is 82.2 Å². The van der Waals surface area contributed by atoms with E-state index in [0.717, 1.165) is 12.8 Å². The van der Waals surface area contributed by atoms with Crippen molar-refractivity contribution in [1.29, 1.82) is 0 Å². The van der Waals surface area contributed by atoms with E-state index < -0.39 is 5.69 Å². The number of hydrogen-bond donors (Lipinski definition) is 2. The molecule has 0 amide bonds. The molecule has 1 saturated carbocycles. The molecule has 1 fully saturated rings. The fraction of sp³-hybridized carbons (Fsp3) is 0.545. The fourth-order valence-electron chi connectivity index (χ4n) is 2.72. The van der Waals surface area contributed by atoms with Crippen molar-refractivity contribution >= 4 is 40.9 Å². The highest BCUT2D eigenvalue weighted by atomic mass is 32.9. The monoisotopic (exact) mass is 346 g/mol. The van der Waals surface area contributed by atoms with E-state index in [4.69, 9.17) is 16.3 Å². The molecule has 3 atom stereocenters. The molecule has 1 N–H and O–H groups in total. The molecule has 21 heavy (non-hydrogen) atoms. The van der Waals surface area contributed by atoms with Gasteiger partial charge in [-0.05, 0) is 31.1 Å². The third kappa shape index (κ3) is 3.07. The van der Waals surface area contributed by atoms with Gasteiger partial charge < -0.3 is 18.6 Å². The van der Waals surface area contributed by atoms with Gasteiger partial charge in [-0.25, -0.2) is 9.97 Å². The van der Waals surface area contributed by atoms with Crippen LogP contribution in [0.15, 0.2) is 17.4 Å². The van der Waals surface area contributed by atoms with Crippen LogP contribution in [-0.2, 0) is 23.4 Å². The van der Waals surface area contributed by atoms with E-state index in [-0.39, 0.29) is 17.7 Å². The summed E-state index contributed by atoms with van der Waals surface area (Å²) in [6.07, 6.45) is 5.36. The van der Waals surface area contributed by atoms with Gasteiger partial charge in [-0.2, -0.15) is 0 Å². The zero-order chi connectivity index (χ0) is 15.2. The van der Waals surface area contributed by atoms with Crippen molar-refractivity contribution in [3.8, 4) is 0 Å². The molecule has 3 unspecified atom stereocenters. The molecule has 0 saturated heterocycles. The summed E-state index contributed by atoms with van der Waals surface area (Å²) in [6.45, 7) is 0. The van der Waals surface area contributed by atoms with Gasteiger partial charge in [-0.3, -0.25) is 4.79 Å². The van der Waals surface area contributed by atoms with Crippen LogP contribution in [-0.4, -0.2) is 30.1 Å². The molecule has 3 rings (SSSR count). The maximum Gasteiger partial charge on any atom is 0.281 e. The maximum absolute atomic E-state index is 12.0. The van der Waals surface area contributed by atoms with E-state index in [9.17, 15) is 9.69 Å². The van der Waals surface area contributed by atoms with Crippen LogP contribution in [0.1, 0.15) is 25.3 Å². The second-order valence-electron chi connectivity index (χ2n) is 5.17. The van der Waals surface area contributed by atoms with Crippen LogP contribution in [0.5, 0.6) is 0 Å². The van der Waals surface area contributed by atoms with Crippen molar-refractivity contribution in [3.63, 3.8) is 0 Å². The Bertz CT molecular complexity index is 783. The molecule has 1 aliphatic rings. The Labute approximate surface area is 131 Å². The Morgan fingerprint density at radius 1 is 1.48 bits per heavy atom. The average Bonchev–Trinajstić information content (AvgIpc) is 2.98. The largest absolute Gasteiger partial charge is 0.338 e. The first-order valence-electron chi connectivity index (χ1n) is 6.47. The van der Waals surface area contributed by atoms with E-state index in [1.54, 1.807) is 13.4 Å². The first kappa shape index (κ1) is 15.2. The summed E-state index contributed by atoms with van der Waals surface area (Å²) in [7, 11) is 1.65. The summed E-state index contributed by atoms with van der Waals surface area (Å²) >= 11 is 8.70. The van der Waals surface area contributed by atoms with Crippen molar-refractivity contribution < 1.29 is 9.42 Å². The number of hydrogen-bond acceptors (Lipinski definition) is 5. The Hall–Kier alpha value is -0.730. The number of fused-ring (bicyclic) bond motifs is 1. The van der Waals surface area contributed by atoms with Crippen molar-refractivity contribution in [2.75, 3.05) is 0 Å². The first-order valence-corrected chi connectivity index (χ1v) is 10.3. The van der Waals surface area contributed by atoms with Gasteiger partial charge in [0, 0.05) is 13.1 Å². The summed E-state index contributed by atoms with van der Waals surface area (Å²) in [5.74, 6) is 0. The molecule has 0 aliphatic heterocycles. The van der Waals surface area contributed by atoms with E-state index in [0.29, 0.717) is 17.6 Å². The lowest BCUT2D eigenvalue weighted by Gasteiger charge is -2.16. The second-order valence-corrected chi connectivity index (χ2v) is 10.3. The van der Waals surface area contributed by atoms with Gasteiger partial charge in [0.2, 0.25) is 5.69 Å². The first-order chi connectivity index (χ1) is 9.85. The van der Waals surface area contributed by atoms with Crippen molar-refractivity contribution in [2.24, 2.45) is 7.05 Å². The minimum absolute atomic E-state index is 0.118. The molecule has 1 aliphatic carbocycles. The SMILES string of the molecule is Cn1cnc2c(ncn2C2CCC(OP(O)(=S)S)C2)c1=O. The maximum atomic E-state index is 12.0. The molecular formula is C11H15N4O3PS2. The molecule has 0 spiro atoms. The number of aryl methyl sites for hydroxylation is 1. The number of rotatable bonds is 3. The van der Waals surface area contributed by atoms with E-state index in [1.165, 1.54) is 10.9 Å². The predicted octanol–water partition coefficient (Wildman–Crippen LogP) is 1.39. The van der Waals surface area contributed by atoms with Crippen LogP contribution in [0.2, 0.25) is 0 Å². The number of nitrogens with zero attached hydrogens (tertiary/aromatic N) is 4. The molecule has 10 heteroatoms. The molecule has 0 aromatic carbocycles. The number of aromatic nitrogens is 4. The average molecular weight is 346 g/mol. The van der Waals surface area contributed by atoms with Crippen LogP contribution in [0, 0.1) is 0 Å². The normalized spacial score (nSPS) is 25.3. The van der Waals surface area contributed by atoms with E-state index >= 15 is 0 Å². The molecule has 0 radical (unpaired) electrons. The molecule has 2 aromatic rings. The van der Waals surface area contributed by atoms with Gasteiger partial charge in [0.1, 0.15) is 0 Å². The molecular weight excluding hydrogens is 331 g/mol. The Morgan fingerprint density at radius 2 is 2.24 bits per heavy atom. The van der Waals surface area contributed by atoms with Crippen LogP contribution < -0.4 is 5.56 Å². The Balaban J connectivity index is 1.88. The van der Waals surface area contributed by atoms with Crippen LogP contribution in [0.25, 0.3) is 11.2 Å².